The van der Waals surface area contributed by atoms with Gasteiger partial charge in [-0.3, -0.25) is 9.69 Å². The van der Waals surface area contributed by atoms with E-state index in [1.54, 1.807) is 19.2 Å². The van der Waals surface area contributed by atoms with Crippen molar-refractivity contribution >= 4 is 5.91 Å². The molecule has 2 aromatic rings. The van der Waals surface area contributed by atoms with Gasteiger partial charge in [0.2, 0.25) is 5.91 Å². The first kappa shape index (κ1) is 18.7. The molecule has 0 bridgehead atoms. The zero-order chi connectivity index (χ0) is 19.5. The van der Waals surface area contributed by atoms with Crippen LogP contribution >= 0.6 is 0 Å². The fourth-order valence-corrected chi connectivity index (χ4v) is 4.03. The molecular weight excluding hydrogens is 358 g/mol. The van der Waals surface area contributed by atoms with E-state index in [-0.39, 0.29) is 11.7 Å². The van der Waals surface area contributed by atoms with E-state index in [9.17, 15) is 9.90 Å². The lowest BCUT2D eigenvalue weighted by molar-refractivity contribution is -0.130. The number of likely N-dealkylation sites (tertiary alicyclic amines) is 1. The minimum Gasteiger partial charge on any atom is -0.508 e. The van der Waals surface area contributed by atoms with Crippen LogP contribution in [0.2, 0.25) is 0 Å². The van der Waals surface area contributed by atoms with Crippen molar-refractivity contribution in [2.45, 2.75) is 45.3 Å². The monoisotopic (exact) mass is 385 g/mol. The Morgan fingerprint density at radius 3 is 2.82 bits per heavy atom. The summed E-state index contributed by atoms with van der Waals surface area (Å²) in [5.41, 5.74) is 3.06. The van der Waals surface area contributed by atoms with Crippen LogP contribution in [0.1, 0.15) is 36.2 Å². The fourth-order valence-electron chi connectivity index (χ4n) is 4.03. The van der Waals surface area contributed by atoms with E-state index >= 15 is 0 Å². The van der Waals surface area contributed by atoms with Gasteiger partial charge < -0.3 is 14.7 Å². The van der Waals surface area contributed by atoms with Crippen LogP contribution in [0.15, 0.2) is 18.2 Å². The lowest BCUT2D eigenvalue weighted by atomic mass is 10.1. The Morgan fingerprint density at radius 1 is 1.21 bits per heavy atom. The summed E-state index contributed by atoms with van der Waals surface area (Å²) in [5.74, 6) is 1.11. The van der Waals surface area contributed by atoms with Gasteiger partial charge in [0.15, 0.2) is 0 Å². The number of amides is 1. The molecule has 0 unspecified atom stereocenters. The fraction of sp³-hybridized carbons (Fsp3) is 0.550. The minimum absolute atomic E-state index is 0.200. The van der Waals surface area contributed by atoms with Gasteiger partial charge in [-0.15, -0.1) is 5.10 Å². The predicted molar refractivity (Wildman–Crippen MR) is 103 cm³/mol. The molecule has 0 atom stereocenters. The molecular formula is C20H27N5O3. The van der Waals surface area contributed by atoms with Crippen molar-refractivity contribution in [3.8, 4) is 11.5 Å². The molecule has 1 N–H and O–H groups in total. The maximum Gasteiger partial charge on any atom is 0.222 e. The number of nitrogens with zero attached hydrogens (tertiary/aromatic N) is 5. The molecule has 0 saturated carbocycles. The van der Waals surface area contributed by atoms with Crippen LogP contribution in [0.4, 0.5) is 0 Å². The molecule has 2 aliphatic rings. The molecule has 2 aliphatic heterocycles. The molecule has 1 fully saturated rings. The summed E-state index contributed by atoms with van der Waals surface area (Å²) in [6, 6.07) is 5.22. The Morgan fingerprint density at radius 2 is 2.04 bits per heavy atom. The normalized spacial score (nSPS) is 17.0. The number of benzene rings is 1. The highest BCUT2D eigenvalue weighted by Gasteiger charge is 2.24. The number of phenols is 1. The third kappa shape index (κ3) is 3.96. The van der Waals surface area contributed by atoms with Gasteiger partial charge in [0.25, 0.3) is 0 Å². The van der Waals surface area contributed by atoms with Gasteiger partial charge in [0, 0.05) is 57.2 Å². The summed E-state index contributed by atoms with van der Waals surface area (Å²) < 4.78 is 7.36. The van der Waals surface area contributed by atoms with Gasteiger partial charge in [-0.2, -0.15) is 0 Å². The van der Waals surface area contributed by atoms with Crippen molar-refractivity contribution in [2.24, 2.45) is 0 Å². The molecule has 3 heterocycles. The largest absolute Gasteiger partial charge is 0.508 e. The molecule has 4 rings (SSSR count). The van der Waals surface area contributed by atoms with Crippen LogP contribution in [0.5, 0.6) is 11.5 Å². The van der Waals surface area contributed by atoms with E-state index in [1.165, 1.54) is 0 Å². The molecule has 8 nitrogen and oxygen atoms in total. The zero-order valence-electron chi connectivity index (χ0n) is 16.3. The molecule has 8 heteroatoms. The predicted octanol–water partition coefficient (Wildman–Crippen LogP) is 1.56. The Bertz CT molecular complexity index is 844. The SMILES string of the molecule is COc1cc(O)ccc1CN1CCn2nnc(CCC(=O)N3CCCC3)c2C1. The summed E-state index contributed by atoms with van der Waals surface area (Å²) in [4.78, 5) is 16.6. The van der Waals surface area contributed by atoms with Crippen molar-refractivity contribution < 1.29 is 14.6 Å². The summed E-state index contributed by atoms with van der Waals surface area (Å²) in [5, 5.41) is 18.3. The summed E-state index contributed by atoms with van der Waals surface area (Å²) in [7, 11) is 1.61. The lowest BCUT2D eigenvalue weighted by Gasteiger charge is -2.28. The third-order valence-electron chi connectivity index (χ3n) is 5.62. The van der Waals surface area contributed by atoms with Crippen molar-refractivity contribution in [3.05, 3.63) is 35.2 Å². The van der Waals surface area contributed by atoms with Crippen LogP contribution in [0, 0.1) is 0 Å². The van der Waals surface area contributed by atoms with Crippen LogP contribution in [0.25, 0.3) is 0 Å². The Balaban J connectivity index is 1.40. The molecule has 1 amide bonds. The molecule has 1 aromatic carbocycles. The van der Waals surface area contributed by atoms with E-state index in [0.29, 0.717) is 18.6 Å². The highest BCUT2D eigenvalue weighted by atomic mass is 16.5. The van der Waals surface area contributed by atoms with Crippen LogP contribution in [-0.2, 0) is 30.8 Å². The topological polar surface area (TPSA) is 83.7 Å². The van der Waals surface area contributed by atoms with Gasteiger partial charge >= 0.3 is 0 Å². The number of methoxy groups -OCH3 is 1. The van der Waals surface area contributed by atoms with Crippen LogP contribution < -0.4 is 4.74 Å². The maximum absolute atomic E-state index is 12.3. The molecule has 150 valence electrons. The number of fused-ring (bicyclic) bond motifs is 1. The van der Waals surface area contributed by atoms with Gasteiger partial charge in [-0.05, 0) is 18.9 Å². The van der Waals surface area contributed by atoms with Gasteiger partial charge in [-0.1, -0.05) is 11.3 Å². The maximum atomic E-state index is 12.3. The van der Waals surface area contributed by atoms with Crippen molar-refractivity contribution in [2.75, 3.05) is 26.7 Å². The van der Waals surface area contributed by atoms with Crippen molar-refractivity contribution in [3.63, 3.8) is 0 Å². The Labute approximate surface area is 164 Å². The summed E-state index contributed by atoms with van der Waals surface area (Å²) in [6.45, 7) is 4.89. The second kappa shape index (κ2) is 8.18. The number of hydrogen-bond donors (Lipinski definition) is 1. The molecule has 0 aliphatic carbocycles. The number of phenolic OH excluding ortho intramolecular Hbond substituents is 1. The lowest BCUT2D eigenvalue weighted by Crippen LogP contribution is -2.34. The first-order valence-corrected chi connectivity index (χ1v) is 9.91. The highest BCUT2D eigenvalue weighted by molar-refractivity contribution is 5.76. The quantitative estimate of drug-likeness (QED) is 0.813. The molecule has 28 heavy (non-hydrogen) atoms. The minimum atomic E-state index is 0.200. The van der Waals surface area contributed by atoms with E-state index in [4.69, 9.17) is 4.74 Å². The number of aromatic hydroxyl groups is 1. The van der Waals surface area contributed by atoms with E-state index in [2.05, 4.69) is 15.2 Å². The first-order valence-electron chi connectivity index (χ1n) is 9.91. The number of ether oxygens (including phenoxy) is 1. The second-order valence-corrected chi connectivity index (χ2v) is 7.50. The standard InChI is InChI=1S/C20H27N5O3/c1-28-19-12-16(26)5-4-15(19)13-23-10-11-25-18(14-23)17(21-22-25)6-7-20(27)24-8-2-3-9-24/h4-5,12,26H,2-3,6-11,13-14H2,1H3. The number of rotatable bonds is 6. The van der Waals surface area contributed by atoms with Crippen LogP contribution in [-0.4, -0.2) is 62.6 Å². The average Bonchev–Trinajstić information content (AvgIpc) is 3.37. The Hall–Kier alpha value is -2.61. The number of carbonyl (C=O) groups is 1. The van der Waals surface area contributed by atoms with Gasteiger partial charge in [-0.25, -0.2) is 4.68 Å². The van der Waals surface area contributed by atoms with E-state index < -0.39 is 0 Å². The number of aromatic nitrogens is 3. The molecule has 0 spiro atoms. The van der Waals surface area contributed by atoms with E-state index in [0.717, 1.165) is 69.1 Å². The van der Waals surface area contributed by atoms with Crippen molar-refractivity contribution in [1.29, 1.82) is 0 Å². The molecule has 1 aromatic heterocycles. The third-order valence-corrected chi connectivity index (χ3v) is 5.62. The van der Waals surface area contributed by atoms with E-state index in [1.807, 2.05) is 15.6 Å². The molecule has 0 radical (unpaired) electrons. The van der Waals surface area contributed by atoms with Crippen molar-refractivity contribution in [1.82, 2.24) is 24.8 Å². The number of hydrogen-bond acceptors (Lipinski definition) is 6. The number of carbonyl (C=O) groups excluding carboxylic acids is 1. The highest BCUT2D eigenvalue weighted by Crippen LogP contribution is 2.26. The Kier molecular flexibility index (Phi) is 5.47. The van der Waals surface area contributed by atoms with Gasteiger partial charge in [0.05, 0.1) is 25.0 Å². The summed E-state index contributed by atoms with van der Waals surface area (Å²) in [6.07, 6.45) is 3.37. The first-order chi connectivity index (χ1) is 13.6. The number of aryl methyl sites for hydroxylation is 1. The second-order valence-electron chi connectivity index (χ2n) is 7.50. The van der Waals surface area contributed by atoms with Crippen LogP contribution in [0.3, 0.4) is 0 Å². The smallest absolute Gasteiger partial charge is 0.222 e. The average molecular weight is 385 g/mol. The van der Waals surface area contributed by atoms with Gasteiger partial charge in [0.1, 0.15) is 11.5 Å². The zero-order valence-corrected chi connectivity index (χ0v) is 16.3. The molecule has 1 saturated heterocycles. The summed E-state index contributed by atoms with van der Waals surface area (Å²) >= 11 is 0.